The van der Waals surface area contributed by atoms with E-state index in [-0.39, 0.29) is 19.0 Å². The van der Waals surface area contributed by atoms with Gasteiger partial charge in [0.15, 0.2) is 12.6 Å². The first-order valence-corrected chi connectivity index (χ1v) is 5.37. The third-order valence-corrected chi connectivity index (χ3v) is 2.73. The first-order chi connectivity index (χ1) is 7.74. The van der Waals surface area contributed by atoms with Crippen molar-refractivity contribution in [2.24, 2.45) is 5.73 Å². The van der Waals surface area contributed by atoms with Crippen molar-refractivity contribution in [3.63, 3.8) is 0 Å². The molecule has 0 radical (unpaired) electrons. The summed E-state index contributed by atoms with van der Waals surface area (Å²) < 4.78 is 10.4. The Balaban J connectivity index is 2.45. The predicted molar refractivity (Wildman–Crippen MR) is 59.7 cm³/mol. The number of rotatable bonds is 3. The summed E-state index contributed by atoms with van der Waals surface area (Å²) in [6.07, 6.45) is 0.274. The zero-order chi connectivity index (χ0) is 11.5. The minimum absolute atomic E-state index is 0.0709. The topological polar surface area (TPSA) is 61.6 Å². The molecule has 2 N–H and O–H groups in total. The molecule has 86 valence electrons. The lowest BCUT2D eigenvalue weighted by atomic mass is 10.0. The first kappa shape index (κ1) is 11.4. The molecule has 1 aromatic rings. The van der Waals surface area contributed by atoms with Gasteiger partial charge in [-0.3, -0.25) is 4.79 Å². The van der Waals surface area contributed by atoms with Crippen LogP contribution in [0.25, 0.3) is 0 Å². The van der Waals surface area contributed by atoms with Gasteiger partial charge in [-0.15, -0.1) is 0 Å². The van der Waals surface area contributed by atoms with E-state index in [1.54, 1.807) is 12.1 Å². The summed E-state index contributed by atoms with van der Waals surface area (Å²) >= 11 is 6.02. The van der Waals surface area contributed by atoms with Crippen LogP contribution in [-0.4, -0.2) is 19.1 Å². The zero-order valence-corrected chi connectivity index (χ0v) is 9.42. The van der Waals surface area contributed by atoms with Gasteiger partial charge in [-0.25, -0.2) is 0 Å². The molecule has 0 bridgehead atoms. The van der Waals surface area contributed by atoms with Crippen molar-refractivity contribution >= 4 is 17.4 Å². The van der Waals surface area contributed by atoms with Crippen molar-refractivity contribution in [3.8, 4) is 5.75 Å². The van der Waals surface area contributed by atoms with Crippen LogP contribution in [0.2, 0.25) is 5.02 Å². The SMILES string of the molecule is NCCC(=O)c1c(Cl)ccc2c1COCO2. The highest BCUT2D eigenvalue weighted by molar-refractivity contribution is 6.34. The number of Topliss-reactive ketones (excluding diaryl/α,β-unsaturated/α-hetero) is 1. The van der Waals surface area contributed by atoms with E-state index in [9.17, 15) is 4.79 Å². The molecule has 5 heteroatoms. The van der Waals surface area contributed by atoms with Gasteiger partial charge in [0.1, 0.15) is 5.75 Å². The number of fused-ring (bicyclic) bond motifs is 1. The smallest absolute Gasteiger partial charge is 0.189 e. The van der Waals surface area contributed by atoms with Gasteiger partial charge in [-0.05, 0) is 18.7 Å². The molecule has 1 aromatic carbocycles. The Bertz CT molecular complexity index is 420. The minimum atomic E-state index is -0.0709. The molecule has 0 unspecified atom stereocenters. The average molecular weight is 242 g/mol. The quantitative estimate of drug-likeness (QED) is 0.819. The number of benzene rings is 1. The molecule has 0 saturated carbocycles. The summed E-state index contributed by atoms with van der Waals surface area (Å²) in [4.78, 5) is 11.9. The Morgan fingerprint density at radius 1 is 1.50 bits per heavy atom. The third-order valence-electron chi connectivity index (χ3n) is 2.41. The maximum Gasteiger partial charge on any atom is 0.189 e. The van der Waals surface area contributed by atoms with E-state index in [1.807, 2.05) is 0 Å². The zero-order valence-electron chi connectivity index (χ0n) is 8.66. The van der Waals surface area contributed by atoms with Crippen molar-refractivity contribution in [1.82, 2.24) is 0 Å². The van der Waals surface area contributed by atoms with Crippen LogP contribution in [0.3, 0.4) is 0 Å². The molecule has 0 spiro atoms. The van der Waals surface area contributed by atoms with Crippen molar-refractivity contribution in [2.45, 2.75) is 13.0 Å². The van der Waals surface area contributed by atoms with Crippen molar-refractivity contribution < 1.29 is 14.3 Å². The molecule has 0 fully saturated rings. The average Bonchev–Trinajstić information content (AvgIpc) is 2.29. The molecule has 0 aliphatic carbocycles. The molecule has 1 heterocycles. The number of ether oxygens (including phenoxy) is 2. The first-order valence-electron chi connectivity index (χ1n) is 4.99. The Morgan fingerprint density at radius 2 is 2.31 bits per heavy atom. The van der Waals surface area contributed by atoms with Gasteiger partial charge in [0.2, 0.25) is 0 Å². The van der Waals surface area contributed by atoms with Crippen LogP contribution in [0, 0.1) is 0 Å². The Kier molecular flexibility index (Phi) is 3.43. The summed E-state index contributed by atoms with van der Waals surface area (Å²) in [6, 6.07) is 3.41. The lowest BCUT2D eigenvalue weighted by Crippen LogP contribution is -2.17. The van der Waals surface area contributed by atoms with Crippen molar-refractivity contribution in [3.05, 3.63) is 28.3 Å². The van der Waals surface area contributed by atoms with Crippen molar-refractivity contribution in [2.75, 3.05) is 13.3 Å². The van der Waals surface area contributed by atoms with Crippen LogP contribution in [0.5, 0.6) is 5.75 Å². The summed E-state index contributed by atoms with van der Waals surface area (Å²) in [5.74, 6) is 0.592. The van der Waals surface area contributed by atoms with Gasteiger partial charge in [-0.1, -0.05) is 11.6 Å². The van der Waals surface area contributed by atoms with E-state index < -0.39 is 0 Å². The molecule has 1 aliphatic rings. The second kappa shape index (κ2) is 4.82. The second-order valence-corrected chi connectivity index (χ2v) is 3.88. The predicted octanol–water partition coefficient (Wildman–Crippen LogP) is 1.74. The highest BCUT2D eigenvalue weighted by atomic mass is 35.5. The fourth-order valence-electron chi connectivity index (χ4n) is 1.69. The number of ketones is 1. The monoisotopic (exact) mass is 241 g/mol. The summed E-state index contributed by atoms with van der Waals surface area (Å²) in [7, 11) is 0. The largest absolute Gasteiger partial charge is 0.467 e. The van der Waals surface area contributed by atoms with Crippen LogP contribution in [0.15, 0.2) is 12.1 Å². The van der Waals surface area contributed by atoms with Crippen LogP contribution >= 0.6 is 11.6 Å². The minimum Gasteiger partial charge on any atom is -0.467 e. The molecular weight excluding hydrogens is 230 g/mol. The highest BCUT2D eigenvalue weighted by Gasteiger charge is 2.21. The summed E-state index contributed by atoms with van der Waals surface area (Å²) in [6.45, 7) is 0.862. The van der Waals surface area contributed by atoms with Gasteiger partial charge in [0, 0.05) is 17.5 Å². The highest BCUT2D eigenvalue weighted by Crippen LogP contribution is 2.32. The standard InChI is InChI=1S/C11H12ClNO3/c12-8-1-2-10-7(5-15-6-16-10)11(8)9(14)3-4-13/h1-2H,3-6,13H2. The molecule has 0 aromatic heterocycles. The fraction of sp³-hybridized carbons (Fsp3) is 0.364. The number of hydrogen-bond acceptors (Lipinski definition) is 4. The van der Waals surface area contributed by atoms with E-state index in [1.165, 1.54) is 0 Å². The van der Waals surface area contributed by atoms with E-state index >= 15 is 0 Å². The lowest BCUT2D eigenvalue weighted by Gasteiger charge is -2.20. The Morgan fingerprint density at radius 3 is 3.06 bits per heavy atom. The van der Waals surface area contributed by atoms with Gasteiger partial charge >= 0.3 is 0 Å². The number of halogens is 1. The summed E-state index contributed by atoms with van der Waals surface area (Å²) in [5.41, 5.74) is 6.56. The number of nitrogens with two attached hydrogens (primary N) is 1. The molecule has 1 aliphatic heterocycles. The van der Waals surface area contributed by atoms with Crippen LogP contribution < -0.4 is 10.5 Å². The van der Waals surface area contributed by atoms with Gasteiger partial charge in [-0.2, -0.15) is 0 Å². The molecule has 16 heavy (non-hydrogen) atoms. The maximum absolute atomic E-state index is 11.9. The molecule has 0 atom stereocenters. The Hall–Kier alpha value is -1.10. The third kappa shape index (κ3) is 2.04. The molecule has 2 rings (SSSR count). The van der Waals surface area contributed by atoms with Gasteiger partial charge in [0.25, 0.3) is 0 Å². The molecular formula is C11H12ClNO3. The second-order valence-electron chi connectivity index (χ2n) is 3.47. The lowest BCUT2D eigenvalue weighted by molar-refractivity contribution is -0.0167. The molecule has 0 amide bonds. The van der Waals surface area contributed by atoms with E-state index in [2.05, 4.69) is 0 Å². The van der Waals surface area contributed by atoms with Crippen LogP contribution in [0.1, 0.15) is 22.3 Å². The van der Waals surface area contributed by atoms with Crippen LogP contribution in [-0.2, 0) is 11.3 Å². The van der Waals surface area contributed by atoms with Gasteiger partial charge < -0.3 is 15.2 Å². The van der Waals surface area contributed by atoms with E-state index in [4.69, 9.17) is 26.8 Å². The Labute approximate surface area is 98.3 Å². The molecule has 4 nitrogen and oxygen atoms in total. The summed E-state index contributed by atoms with van der Waals surface area (Å²) in [5, 5.41) is 0.423. The normalized spacial score (nSPS) is 14.1. The fourth-order valence-corrected chi connectivity index (χ4v) is 1.97. The van der Waals surface area contributed by atoms with E-state index in [0.29, 0.717) is 29.5 Å². The van der Waals surface area contributed by atoms with E-state index in [0.717, 1.165) is 5.56 Å². The number of hydrogen-bond donors (Lipinski definition) is 1. The number of carbonyl (C=O) groups is 1. The maximum atomic E-state index is 11.9. The van der Waals surface area contributed by atoms with Crippen molar-refractivity contribution in [1.29, 1.82) is 0 Å². The molecule has 0 saturated heterocycles. The number of carbonyl (C=O) groups excluding carboxylic acids is 1. The van der Waals surface area contributed by atoms with Gasteiger partial charge in [0.05, 0.1) is 11.6 Å². The van der Waals surface area contributed by atoms with Crippen LogP contribution in [0.4, 0.5) is 0 Å².